The number of hydrogen-bond acceptors (Lipinski definition) is 4. The molecule has 0 bridgehead atoms. The summed E-state index contributed by atoms with van der Waals surface area (Å²) in [6.07, 6.45) is 5.31. The van der Waals surface area contributed by atoms with Crippen molar-refractivity contribution in [1.29, 1.82) is 0 Å². The van der Waals surface area contributed by atoms with E-state index in [2.05, 4.69) is 5.92 Å². The molecule has 142 valence electrons. The van der Waals surface area contributed by atoms with Gasteiger partial charge in [-0.1, -0.05) is 35.7 Å². The van der Waals surface area contributed by atoms with Gasteiger partial charge in [0, 0.05) is 6.92 Å². The summed E-state index contributed by atoms with van der Waals surface area (Å²) >= 11 is 0. The van der Waals surface area contributed by atoms with E-state index in [1.165, 1.54) is 0 Å². The van der Waals surface area contributed by atoms with Crippen molar-refractivity contribution < 1.29 is 17.5 Å². The Kier molecular flexibility index (Phi) is 5.94. The first-order chi connectivity index (χ1) is 12.6. The minimum absolute atomic E-state index is 0.0851. The number of aryl methyl sites for hydroxylation is 3. The van der Waals surface area contributed by atoms with Gasteiger partial charge in [0.25, 0.3) is 5.82 Å². The van der Waals surface area contributed by atoms with Crippen molar-refractivity contribution >= 4 is 21.2 Å². The largest absolute Gasteiger partial charge is 0.744 e. The average molecular weight is 385 g/mol. The molecular weight excluding hydrogens is 362 g/mol. The van der Waals surface area contributed by atoms with Crippen LogP contribution in [0, 0.1) is 40.0 Å². The second-order valence-electron chi connectivity index (χ2n) is 6.38. The Bertz CT molecular complexity index is 1120. The van der Waals surface area contributed by atoms with Crippen molar-refractivity contribution in [3.05, 3.63) is 58.9 Å². The lowest BCUT2D eigenvalue weighted by molar-refractivity contribution is -0.665. The van der Waals surface area contributed by atoms with Gasteiger partial charge in [-0.2, -0.15) is 0 Å². The minimum Gasteiger partial charge on any atom is -0.744 e. The number of benzene rings is 2. The summed E-state index contributed by atoms with van der Waals surface area (Å²) in [4.78, 5) is -0.0851. The predicted molar refractivity (Wildman–Crippen MR) is 104 cm³/mol. The molecule has 0 spiro atoms. The van der Waals surface area contributed by atoms with Crippen LogP contribution in [0.25, 0.3) is 11.0 Å². The molecule has 1 aromatic heterocycles. The summed E-state index contributed by atoms with van der Waals surface area (Å²) in [5, 5.41) is 0. The molecule has 0 saturated carbocycles. The highest BCUT2D eigenvalue weighted by Crippen LogP contribution is 2.20. The number of hydrogen-bond donors (Lipinski definition) is 1. The summed E-state index contributed by atoms with van der Waals surface area (Å²) in [6, 6.07) is 11.3. The second-order valence-corrected chi connectivity index (χ2v) is 7.69. The van der Waals surface area contributed by atoms with Crippen LogP contribution in [0.5, 0.6) is 0 Å². The molecule has 3 aromatic rings. The molecule has 2 aromatic carbocycles. The topological polar surface area (TPSA) is 92.0 Å². The van der Waals surface area contributed by atoms with Crippen molar-refractivity contribution in [2.45, 2.75) is 39.1 Å². The molecule has 7 heteroatoms. The van der Waals surface area contributed by atoms with Gasteiger partial charge in [-0.3, -0.25) is 5.84 Å². The molecule has 6 nitrogen and oxygen atoms in total. The highest BCUT2D eigenvalue weighted by molar-refractivity contribution is 7.85. The fourth-order valence-corrected chi connectivity index (χ4v) is 4.13. The number of para-hydroxylation sites is 2. The fraction of sp³-hybridized carbons (Fsp3) is 0.250. The number of fused-ring (bicyclic) bond motifs is 1. The summed E-state index contributed by atoms with van der Waals surface area (Å²) in [7, 11) is -4.33. The molecule has 0 aliphatic carbocycles. The zero-order chi connectivity index (χ0) is 20.4. The Balaban J connectivity index is 0.000000194. The number of nitrogen functional groups attached to an aromatic ring is 1. The second kappa shape index (κ2) is 7.82. The molecule has 0 radical (unpaired) electrons. The van der Waals surface area contributed by atoms with Gasteiger partial charge in [0.15, 0.2) is 17.6 Å². The van der Waals surface area contributed by atoms with Crippen LogP contribution in [-0.2, 0) is 16.7 Å². The lowest BCUT2D eigenvalue weighted by atomic mass is 10.1. The minimum atomic E-state index is -4.33. The van der Waals surface area contributed by atoms with E-state index >= 15 is 0 Å². The molecule has 0 saturated heterocycles. The summed E-state index contributed by atoms with van der Waals surface area (Å²) in [5.74, 6) is 9.48. The van der Waals surface area contributed by atoms with Gasteiger partial charge in [-0.15, -0.1) is 11.1 Å². The first kappa shape index (κ1) is 20.5. The number of imidazole rings is 1. The number of aromatic nitrogens is 2. The number of nitrogens with zero attached hydrogens (tertiary/aromatic N) is 2. The standard InChI is InChI=1S/C11H12N3.C9H12O3S/c1-3-8-13-9(2)14(12)11-7-5-4-6-10(11)13;1-6-4-7(2)9(8(3)5-6)13(10,11)12/h1,4-7H,8,12H2,2H3;4-5H,1-3H3,(H,10,11,12)/q+1;/p-1. The van der Waals surface area contributed by atoms with Crippen LogP contribution in [0.2, 0.25) is 0 Å². The highest BCUT2D eigenvalue weighted by Gasteiger charge is 2.18. The molecule has 0 amide bonds. The molecular formula is C20H23N3O3S. The zero-order valence-corrected chi connectivity index (χ0v) is 16.7. The molecule has 3 rings (SSSR count). The third kappa shape index (κ3) is 4.30. The van der Waals surface area contributed by atoms with Crippen molar-refractivity contribution in [3.63, 3.8) is 0 Å². The molecule has 0 aliphatic rings. The quantitative estimate of drug-likeness (QED) is 0.316. The molecule has 0 aliphatic heterocycles. The maximum Gasteiger partial charge on any atom is 0.278 e. The van der Waals surface area contributed by atoms with E-state index in [0.717, 1.165) is 22.4 Å². The molecule has 0 atom stereocenters. The van der Waals surface area contributed by atoms with Gasteiger partial charge >= 0.3 is 0 Å². The molecule has 0 unspecified atom stereocenters. The number of rotatable bonds is 2. The van der Waals surface area contributed by atoms with Crippen LogP contribution in [0.3, 0.4) is 0 Å². The van der Waals surface area contributed by atoms with E-state index in [1.54, 1.807) is 30.7 Å². The summed E-state index contributed by atoms with van der Waals surface area (Å²) in [6.45, 7) is 7.63. The number of terminal acetylenes is 1. The van der Waals surface area contributed by atoms with Crippen molar-refractivity contribution in [2.75, 3.05) is 5.84 Å². The van der Waals surface area contributed by atoms with Crippen LogP contribution >= 0.6 is 0 Å². The lowest BCUT2D eigenvalue weighted by Crippen LogP contribution is -2.36. The van der Waals surface area contributed by atoms with E-state index in [0.29, 0.717) is 17.7 Å². The van der Waals surface area contributed by atoms with Gasteiger partial charge in [-0.05, 0) is 44.0 Å². The van der Waals surface area contributed by atoms with E-state index < -0.39 is 10.1 Å². The molecule has 0 fully saturated rings. The smallest absolute Gasteiger partial charge is 0.278 e. The molecule has 27 heavy (non-hydrogen) atoms. The van der Waals surface area contributed by atoms with Gasteiger partial charge in [0.1, 0.15) is 10.1 Å². The van der Waals surface area contributed by atoms with E-state index in [-0.39, 0.29) is 4.90 Å². The monoisotopic (exact) mass is 385 g/mol. The Labute approximate surface area is 160 Å². The van der Waals surface area contributed by atoms with E-state index in [1.807, 2.05) is 42.7 Å². The zero-order valence-electron chi connectivity index (χ0n) is 15.9. The van der Waals surface area contributed by atoms with Gasteiger partial charge in [0.05, 0.1) is 4.90 Å². The van der Waals surface area contributed by atoms with Crippen molar-refractivity contribution in [1.82, 2.24) is 4.68 Å². The Morgan fingerprint density at radius 3 is 2.22 bits per heavy atom. The van der Waals surface area contributed by atoms with E-state index in [9.17, 15) is 13.0 Å². The SMILES string of the molecule is C#CC[n+]1c(C)n(N)c2ccccc21.Cc1cc(C)c(S(=O)(=O)[O-])c(C)c1. The lowest BCUT2D eigenvalue weighted by Gasteiger charge is -2.14. The predicted octanol–water partition coefficient (Wildman–Crippen LogP) is 2.10. The third-order valence-electron chi connectivity index (χ3n) is 4.28. The molecule has 1 heterocycles. The Hall–Kier alpha value is -2.82. The fourth-order valence-electron chi connectivity index (χ4n) is 3.23. The third-order valence-corrected chi connectivity index (χ3v) is 5.42. The Morgan fingerprint density at radius 1 is 1.15 bits per heavy atom. The highest BCUT2D eigenvalue weighted by atomic mass is 32.2. The van der Waals surface area contributed by atoms with Crippen LogP contribution in [0.4, 0.5) is 0 Å². The normalized spacial score (nSPS) is 11.0. The maximum absolute atomic E-state index is 10.8. The molecule has 2 N–H and O–H groups in total. The first-order valence-corrected chi connectivity index (χ1v) is 9.71. The van der Waals surface area contributed by atoms with Gasteiger partial charge in [-0.25, -0.2) is 13.0 Å². The van der Waals surface area contributed by atoms with Crippen LogP contribution < -0.4 is 10.4 Å². The Morgan fingerprint density at radius 2 is 1.70 bits per heavy atom. The maximum atomic E-state index is 10.8. The van der Waals surface area contributed by atoms with Gasteiger partial charge < -0.3 is 4.55 Å². The van der Waals surface area contributed by atoms with Crippen LogP contribution in [0.1, 0.15) is 22.5 Å². The van der Waals surface area contributed by atoms with Crippen molar-refractivity contribution in [3.8, 4) is 12.3 Å². The summed E-state index contributed by atoms with van der Waals surface area (Å²) in [5.41, 5.74) is 4.08. The van der Waals surface area contributed by atoms with Gasteiger partial charge in [0.2, 0.25) is 0 Å². The number of nitrogens with two attached hydrogens (primary N) is 1. The average Bonchev–Trinajstić information content (AvgIpc) is 2.79. The van der Waals surface area contributed by atoms with Crippen LogP contribution in [-0.4, -0.2) is 17.6 Å². The van der Waals surface area contributed by atoms with Crippen LogP contribution in [0.15, 0.2) is 41.3 Å². The van der Waals surface area contributed by atoms with E-state index in [4.69, 9.17) is 12.3 Å². The summed E-state index contributed by atoms with van der Waals surface area (Å²) < 4.78 is 36.2. The van der Waals surface area contributed by atoms with Crippen molar-refractivity contribution in [2.24, 2.45) is 0 Å². The first-order valence-electron chi connectivity index (χ1n) is 8.30.